The summed E-state index contributed by atoms with van der Waals surface area (Å²) in [7, 11) is 1.53. The summed E-state index contributed by atoms with van der Waals surface area (Å²) in [5.41, 5.74) is 2.14. The molecule has 2 N–H and O–H groups in total. The van der Waals surface area contributed by atoms with Crippen molar-refractivity contribution < 1.29 is 19.1 Å². The first-order valence-electron chi connectivity index (χ1n) is 9.10. The molecule has 0 heterocycles. The zero-order valence-electron chi connectivity index (χ0n) is 16.5. The summed E-state index contributed by atoms with van der Waals surface area (Å²) in [5, 5.41) is 5.76. The number of anilines is 1. The molecular weight excluding hydrogens is 356 g/mol. The van der Waals surface area contributed by atoms with Gasteiger partial charge in [0.2, 0.25) is 5.91 Å². The van der Waals surface area contributed by atoms with Crippen LogP contribution < -0.4 is 20.1 Å². The molecule has 6 heteroatoms. The molecule has 148 valence electrons. The van der Waals surface area contributed by atoms with E-state index >= 15 is 0 Å². The number of methoxy groups -OCH3 is 1. The Morgan fingerprint density at radius 3 is 2.46 bits per heavy atom. The fraction of sp³-hybridized carbons (Fsp3) is 0.273. The molecule has 0 aliphatic heterocycles. The van der Waals surface area contributed by atoms with E-state index in [0.717, 1.165) is 11.3 Å². The van der Waals surface area contributed by atoms with Crippen molar-refractivity contribution in [2.24, 2.45) is 0 Å². The van der Waals surface area contributed by atoms with Crippen molar-refractivity contribution >= 4 is 17.5 Å². The highest BCUT2D eigenvalue weighted by molar-refractivity contribution is 5.95. The van der Waals surface area contributed by atoms with Crippen LogP contribution in [0.4, 0.5) is 5.69 Å². The predicted molar refractivity (Wildman–Crippen MR) is 110 cm³/mol. The number of nitrogens with one attached hydrogen (secondary N) is 2. The number of carbonyl (C=O) groups is 2. The minimum absolute atomic E-state index is 0.0384. The van der Waals surface area contributed by atoms with Gasteiger partial charge in [-0.15, -0.1) is 0 Å². The summed E-state index contributed by atoms with van der Waals surface area (Å²) in [5.74, 6) is 0.780. The Bertz CT molecular complexity index is 831. The minimum Gasteiger partial charge on any atom is -0.493 e. The summed E-state index contributed by atoms with van der Waals surface area (Å²) in [4.78, 5) is 24.0. The van der Waals surface area contributed by atoms with Gasteiger partial charge in [-0.1, -0.05) is 31.7 Å². The molecule has 1 atom stereocenters. The number of benzene rings is 2. The number of hydrogen-bond acceptors (Lipinski definition) is 4. The molecule has 1 unspecified atom stereocenters. The van der Waals surface area contributed by atoms with Gasteiger partial charge in [-0.05, 0) is 42.8 Å². The normalized spacial score (nSPS) is 11.2. The molecule has 0 aliphatic carbocycles. The van der Waals surface area contributed by atoms with E-state index in [4.69, 9.17) is 9.47 Å². The van der Waals surface area contributed by atoms with Crippen LogP contribution in [0, 0.1) is 0 Å². The second-order valence-corrected chi connectivity index (χ2v) is 6.18. The number of rotatable bonds is 9. The molecule has 0 bridgehead atoms. The van der Waals surface area contributed by atoms with E-state index in [1.54, 1.807) is 31.2 Å². The van der Waals surface area contributed by atoms with Gasteiger partial charge in [0.05, 0.1) is 13.2 Å². The minimum atomic E-state index is -0.218. The second-order valence-electron chi connectivity index (χ2n) is 6.18. The van der Waals surface area contributed by atoms with Crippen LogP contribution in [0.25, 0.3) is 0 Å². The molecule has 0 fully saturated rings. The standard InChI is InChI=1S/C22H26N2O4/c1-5-13-28-19-12-9-17(14-20(19)27-4)22(26)23-15(3)16-7-10-18(11-8-16)24-21(25)6-2/h5,7-12,14-15H,1,6,13H2,2-4H3,(H,23,26)(H,24,25). The van der Waals surface area contributed by atoms with E-state index in [1.807, 2.05) is 31.2 Å². The van der Waals surface area contributed by atoms with Gasteiger partial charge in [0.1, 0.15) is 6.61 Å². The quantitative estimate of drug-likeness (QED) is 0.640. The summed E-state index contributed by atoms with van der Waals surface area (Å²) >= 11 is 0. The van der Waals surface area contributed by atoms with Crippen LogP contribution in [0.5, 0.6) is 11.5 Å². The molecule has 2 amide bonds. The average Bonchev–Trinajstić information content (AvgIpc) is 2.72. The third-order valence-electron chi connectivity index (χ3n) is 4.15. The molecular formula is C22H26N2O4. The fourth-order valence-corrected chi connectivity index (χ4v) is 2.54. The Morgan fingerprint density at radius 2 is 1.86 bits per heavy atom. The van der Waals surface area contributed by atoms with Gasteiger partial charge in [0.15, 0.2) is 11.5 Å². The number of hydrogen-bond donors (Lipinski definition) is 2. The van der Waals surface area contributed by atoms with E-state index in [9.17, 15) is 9.59 Å². The molecule has 28 heavy (non-hydrogen) atoms. The lowest BCUT2D eigenvalue weighted by Crippen LogP contribution is -2.26. The molecule has 6 nitrogen and oxygen atoms in total. The highest BCUT2D eigenvalue weighted by atomic mass is 16.5. The Kier molecular flexibility index (Phi) is 7.63. The van der Waals surface area contributed by atoms with Gasteiger partial charge in [0, 0.05) is 17.7 Å². The molecule has 0 spiro atoms. The van der Waals surface area contributed by atoms with Crippen molar-refractivity contribution in [1.82, 2.24) is 5.32 Å². The monoisotopic (exact) mass is 382 g/mol. The number of carbonyl (C=O) groups excluding carboxylic acids is 2. The van der Waals surface area contributed by atoms with E-state index < -0.39 is 0 Å². The van der Waals surface area contributed by atoms with Crippen molar-refractivity contribution in [2.75, 3.05) is 19.0 Å². The molecule has 2 aromatic rings. The lowest BCUT2D eigenvalue weighted by Gasteiger charge is -2.16. The lowest BCUT2D eigenvalue weighted by atomic mass is 10.1. The van der Waals surface area contributed by atoms with Crippen molar-refractivity contribution in [3.63, 3.8) is 0 Å². The van der Waals surface area contributed by atoms with Crippen LogP contribution in [0.2, 0.25) is 0 Å². The van der Waals surface area contributed by atoms with Crippen molar-refractivity contribution in [2.45, 2.75) is 26.3 Å². The predicted octanol–water partition coefficient (Wildman–Crippen LogP) is 4.10. The molecule has 2 aromatic carbocycles. The van der Waals surface area contributed by atoms with Gasteiger partial charge >= 0.3 is 0 Å². The molecule has 0 aromatic heterocycles. The van der Waals surface area contributed by atoms with Crippen molar-refractivity contribution in [1.29, 1.82) is 0 Å². The largest absolute Gasteiger partial charge is 0.493 e. The second kappa shape index (κ2) is 10.2. The highest BCUT2D eigenvalue weighted by Gasteiger charge is 2.14. The molecule has 2 rings (SSSR count). The van der Waals surface area contributed by atoms with Crippen LogP contribution in [0.1, 0.15) is 42.2 Å². The first-order chi connectivity index (χ1) is 13.5. The van der Waals surface area contributed by atoms with Crippen LogP contribution in [-0.2, 0) is 4.79 Å². The van der Waals surface area contributed by atoms with E-state index in [1.165, 1.54) is 7.11 Å². The van der Waals surface area contributed by atoms with Crippen LogP contribution in [0.3, 0.4) is 0 Å². The molecule has 0 saturated heterocycles. The Labute approximate surface area is 165 Å². The van der Waals surface area contributed by atoms with Crippen molar-refractivity contribution in [3.05, 3.63) is 66.2 Å². The van der Waals surface area contributed by atoms with E-state index in [2.05, 4.69) is 17.2 Å². The van der Waals surface area contributed by atoms with Gasteiger partial charge in [-0.25, -0.2) is 0 Å². The van der Waals surface area contributed by atoms with Crippen molar-refractivity contribution in [3.8, 4) is 11.5 Å². The van der Waals surface area contributed by atoms with Gasteiger partial charge in [-0.3, -0.25) is 9.59 Å². The van der Waals surface area contributed by atoms with Gasteiger partial charge in [0.25, 0.3) is 5.91 Å². The summed E-state index contributed by atoms with van der Waals surface area (Å²) in [6.45, 7) is 7.67. The Balaban J connectivity index is 2.05. The van der Waals surface area contributed by atoms with Gasteiger partial charge < -0.3 is 20.1 Å². The maximum Gasteiger partial charge on any atom is 0.251 e. The topological polar surface area (TPSA) is 76.7 Å². The number of ether oxygens (including phenoxy) is 2. The van der Waals surface area contributed by atoms with E-state index in [-0.39, 0.29) is 17.9 Å². The Morgan fingerprint density at radius 1 is 1.14 bits per heavy atom. The average molecular weight is 382 g/mol. The van der Waals surface area contributed by atoms with Crippen LogP contribution >= 0.6 is 0 Å². The highest BCUT2D eigenvalue weighted by Crippen LogP contribution is 2.28. The summed E-state index contributed by atoms with van der Waals surface area (Å²) in [6.07, 6.45) is 2.07. The first-order valence-corrected chi connectivity index (χ1v) is 9.10. The SMILES string of the molecule is C=CCOc1ccc(C(=O)NC(C)c2ccc(NC(=O)CC)cc2)cc1OC. The lowest BCUT2D eigenvalue weighted by molar-refractivity contribution is -0.115. The smallest absolute Gasteiger partial charge is 0.251 e. The molecule has 0 saturated carbocycles. The van der Waals surface area contributed by atoms with Crippen LogP contribution in [0.15, 0.2) is 55.1 Å². The third kappa shape index (κ3) is 5.61. The summed E-state index contributed by atoms with van der Waals surface area (Å²) < 4.78 is 10.8. The van der Waals surface area contributed by atoms with E-state index in [0.29, 0.717) is 30.1 Å². The zero-order valence-corrected chi connectivity index (χ0v) is 16.5. The maximum absolute atomic E-state index is 12.6. The molecule has 0 aliphatic rings. The molecule has 0 radical (unpaired) electrons. The summed E-state index contributed by atoms with van der Waals surface area (Å²) in [6, 6.07) is 12.2. The first kappa shape index (κ1) is 21.0. The van der Waals surface area contributed by atoms with Crippen LogP contribution in [-0.4, -0.2) is 25.5 Å². The fourth-order valence-electron chi connectivity index (χ4n) is 2.54. The zero-order chi connectivity index (χ0) is 20.5. The van der Waals surface area contributed by atoms with Gasteiger partial charge in [-0.2, -0.15) is 0 Å². The number of amides is 2. The third-order valence-corrected chi connectivity index (χ3v) is 4.15. The maximum atomic E-state index is 12.6. The Hall–Kier alpha value is -3.28.